The number of aromatic nitrogens is 2. The second-order valence-electron chi connectivity index (χ2n) is 7.67. The Balaban J connectivity index is 1.91. The first kappa shape index (κ1) is 20.7. The highest BCUT2D eigenvalue weighted by Gasteiger charge is 2.17. The summed E-state index contributed by atoms with van der Waals surface area (Å²) in [4.78, 5) is 19.8. The van der Waals surface area contributed by atoms with Gasteiger partial charge in [0.15, 0.2) is 0 Å². The number of pyridine rings is 1. The fraction of sp³-hybridized carbons (Fsp3) is 0.391. The lowest BCUT2D eigenvalue weighted by molar-refractivity contribution is 0.102. The van der Waals surface area contributed by atoms with E-state index in [0.29, 0.717) is 22.9 Å². The molecule has 1 N–H and O–H groups in total. The molecule has 6 nitrogen and oxygen atoms in total. The summed E-state index contributed by atoms with van der Waals surface area (Å²) in [5.74, 6) is 2.22. The number of amides is 1. The largest absolute Gasteiger partial charge is 0.497 e. The number of carbonyl (C=O) groups is 1. The molecule has 2 aromatic heterocycles. The van der Waals surface area contributed by atoms with E-state index in [2.05, 4.69) is 38.0 Å². The van der Waals surface area contributed by atoms with Crippen molar-refractivity contribution in [2.75, 3.05) is 30.9 Å². The number of ether oxygens (including phenoxy) is 1. The minimum absolute atomic E-state index is 0.164. The maximum Gasteiger partial charge on any atom is 0.257 e. The van der Waals surface area contributed by atoms with E-state index in [4.69, 9.17) is 9.72 Å². The number of nitrogens with one attached hydrogen (secondary N) is 1. The Bertz CT molecular complexity index is 994. The molecular weight excluding hydrogens is 364 g/mol. The molecule has 0 spiro atoms. The molecule has 0 bridgehead atoms. The lowest BCUT2D eigenvalue weighted by Gasteiger charge is -2.21. The Kier molecular flexibility index (Phi) is 6.42. The molecule has 1 amide bonds. The SMILES string of the molecule is CCc1nc2ccc(C(=O)Nc3cccc(OC)c3)cn2c1N(C)CCC(C)C. The fourth-order valence-corrected chi connectivity index (χ4v) is 3.32. The predicted molar refractivity (Wildman–Crippen MR) is 118 cm³/mol. The molecule has 0 saturated heterocycles. The van der Waals surface area contributed by atoms with Gasteiger partial charge in [-0.15, -0.1) is 0 Å². The van der Waals surface area contributed by atoms with Gasteiger partial charge >= 0.3 is 0 Å². The Hall–Kier alpha value is -3.02. The van der Waals surface area contributed by atoms with Gasteiger partial charge in [-0.3, -0.25) is 9.20 Å². The molecule has 0 radical (unpaired) electrons. The second-order valence-corrected chi connectivity index (χ2v) is 7.67. The maximum absolute atomic E-state index is 12.8. The molecule has 0 unspecified atom stereocenters. The summed E-state index contributed by atoms with van der Waals surface area (Å²) in [5, 5.41) is 2.94. The van der Waals surface area contributed by atoms with E-state index < -0.39 is 0 Å². The highest BCUT2D eigenvalue weighted by molar-refractivity contribution is 6.04. The number of benzene rings is 1. The minimum Gasteiger partial charge on any atom is -0.497 e. The van der Waals surface area contributed by atoms with Gasteiger partial charge in [0.05, 0.1) is 18.4 Å². The zero-order valence-corrected chi connectivity index (χ0v) is 17.9. The molecule has 0 aliphatic carbocycles. The summed E-state index contributed by atoms with van der Waals surface area (Å²) in [5.41, 5.74) is 3.18. The Morgan fingerprint density at radius 1 is 1.28 bits per heavy atom. The van der Waals surface area contributed by atoms with E-state index >= 15 is 0 Å². The van der Waals surface area contributed by atoms with E-state index in [1.54, 1.807) is 13.2 Å². The minimum atomic E-state index is -0.164. The summed E-state index contributed by atoms with van der Waals surface area (Å²) < 4.78 is 7.25. The summed E-state index contributed by atoms with van der Waals surface area (Å²) in [6.07, 6.45) is 3.81. The third-order valence-electron chi connectivity index (χ3n) is 4.99. The van der Waals surface area contributed by atoms with Gasteiger partial charge in [-0.25, -0.2) is 4.98 Å². The van der Waals surface area contributed by atoms with Crippen molar-refractivity contribution in [1.29, 1.82) is 0 Å². The summed E-state index contributed by atoms with van der Waals surface area (Å²) in [6.45, 7) is 7.50. The lowest BCUT2D eigenvalue weighted by Crippen LogP contribution is -2.23. The van der Waals surface area contributed by atoms with Gasteiger partial charge in [-0.05, 0) is 43.0 Å². The van der Waals surface area contributed by atoms with Crippen LogP contribution in [0.3, 0.4) is 0 Å². The number of hydrogen-bond donors (Lipinski definition) is 1. The van der Waals surface area contributed by atoms with Gasteiger partial charge in [-0.2, -0.15) is 0 Å². The van der Waals surface area contributed by atoms with E-state index in [9.17, 15) is 4.79 Å². The summed E-state index contributed by atoms with van der Waals surface area (Å²) in [7, 11) is 3.70. The van der Waals surface area contributed by atoms with Gasteiger partial charge in [-0.1, -0.05) is 26.8 Å². The number of carbonyl (C=O) groups excluding carboxylic acids is 1. The average molecular weight is 395 g/mol. The molecule has 0 aliphatic rings. The van der Waals surface area contributed by atoms with Gasteiger partial charge < -0.3 is 15.0 Å². The van der Waals surface area contributed by atoms with Crippen LogP contribution in [0.1, 0.15) is 43.2 Å². The van der Waals surface area contributed by atoms with E-state index in [1.807, 2.05) is 40.9 Å². The zero-order chi connectivity index (χ0) is 21.0. The van der Waals surface area contributed by atoms with Gasteiger partial charge in [0.25, 0.3) is 5.91 Å². The predicted octanol–water partition coefficient (Wildman–Crippen LogP) is 4.64. The van der Waals surface area contributed by atoms with Crippen molar-refractivity contribution >= 4 is 23.1 Å². The number of nitrogens with zero attached hydrogens (tertiary/aromatic N) is 3. The third-order valence-corrected chi connectivity index (χ3v) is 4.99. The van der Waals surface area contributed by atoms with Crippen LogP contribution in [0, 0.1) is 5.92 Å². The van der Waals surface area contributed by atoms with Crippen LogP contribution in [-0.2, 0) is 6.42 Å². The summed E-state index contributed by atoms with van der Waals surface area (Å²) in [6, 6.07) is 11.1. The first-order valence-corrected chi connectivity index (χ1v) is 10.1. The van der Waals surface area contributed by atoms with Crippen LogP contribution in [0.4, 0.5) is 11.5 Å². The number of rotatable bonds is 8. The van der Waals surface area contributed by atoms with Gasteiger partial charge in [0, 0.05) is 31.5 Å². The molecule has 29 heavy (non-hydrogen) atoms. The normalized spacial score (nSPS) is 11.1. The quantitative estimate of drug-likeness (QED) is 0.605. The molecule has 2 heterocycles. The molecule has 0 saturated carbocycles. The third kappa shape index (κ3) is 4.70. The number of methoxy groups -OCH3 is 1. The maximum atomic E-state index is 12.8. The Morgan fingerprint density at radius 3 is 2.76 bits per heavy atom. The van der Waals surface area contributed by atoms with Crippen molar-refractivity contribution in [3.8, 4) is 5.75 Å². The van der Waals surface area contributed by atoms with Gasteiger partial charge in [0.1, 0.15) is 17.2 Å². The second kappa shape index (κ2) is 8.99. The number of fused-ring (bicyclic) bond motifs is 1. The molecule has 0 fully saturated rings. The van der Waals surface area contributed by atoms with Crippen LogP contribution < -0.4 is 15.0 Å². The van der Waals surface area contributed by atoms with Crippen molar-refractivity contribution in [2.24, 2.45) is 5.92 Å². The zero-order valence-electron chi connectivity index (χ0n) is 17.9. The topological polar surface area (TPSA) is 58.9 Å². The lowest BCUT2D eigenvalue weighted by atomic mass is 10.1. The van der Waals surface area contributed by atoms with Crippen molar-refractivity contribution < 1.29 is 9.53 Å². The first-order chi connectivity index (χ1) is 13.9. The van der Waals surface area contributed by atoms with Crippen LogP contribution in [-0.4, -0.2) is 36.0 Å². The average Bonchev–Trinajstić information content (AvgIpc) is 3.09. The summed E-state index contributed by atoms with van der Waals surface area (Å²) >= 11 is 0. The molecule has 3 rings (SSSR count). The van der Waals surface area contributed by atoms with Crippen molar-refractivity contribution in [1.82, 2.24) is 9.38 Å². The van der Waals surface area contributed by atoms with Crippen LogP contribution in [0.2, 0.25) is 0 Å². The molecule has 0 atom stereocenters. The highest BCUT2D eigenvalue weighted by Crippen LogP contribution is 2.24. The number of imidazole rings is 1. The molecule has 3 aromatic rings. The Morgan fingerprint density at radius 2 is 2.07 bits per heavy atom. The van der Waals surface area contributed by atoms with E-state index in [1.165, 1.54) is 0 Å². The highest BCUT2D eigenvalue weighted by atomic mass is 16.5. The van der Waals surface area contributed by atoms with Crippen molar-refractivity contribution in [2.45, 2.75) is 33.6 Å². The number of anilines is 2. The van der Waals surface area contributed by atoms with Crippen LogP contribution in [0.5, 0.6) is 5.75 Å². The monoisotopic (exact) mass is 394 g/mol. The fourth-order valence-electron chi connectivity index (χ4n) is 3.32. The van der Waals surface area contributed by atoms with Crippen LogP contribution >= 0.6 is 0 Å². The van der Waals surface area contributed by atoms with E-state index in [-0.39, 0.29) is 5.91 Å². The van der Waals surface area contributed by atoms with Crippen LogP contribution in [0.15, 0.2) is 42.6 Å². The Labute approximate surface area is 172 Å². The molecule has 1 aromatic carbocycles. The van der Waals surface area contributed by atoms with Crippen molar-refractivity contribution in [3.63, 3.8) is 0 Å². The van der Waals surface area contributed by atoms with E-state index in [0.717, 1.165) is 36.5 Å². The standard InChI is InChI=1S/C23H30N4O2/c1-6-20-23(26(4)13-12-16(2)3)27-15-17(10-11-21(27)25-20)22(28)24-18-8-7-9-19(14-18)29-5/h7-11,14-16H,6,12-13H2,1-5H3,(H,24,28). The smallest absolute Gasteiger partial charge is 0.257 e. The first-order valence-electron chi connectivity index (χ1n) is 10.1. The van der Waals surface area contributed by atoms with Gasteiger partial charge in [0.2, 0.25) is 0 Å². The molecule has 0 aliphatic heterocycles. The van der Waals surface area contributed by atoms with Crippen LogP contribution in [0.25, 0.3) is 5.65 Å². The molecule has 6 heteroatoms. The van der Waals surface area contributed by atoms with Crippen molar-refractivity contribution in [3.05, 3.63) is 53.9 Å². The molecular formula is C23H30N4O2. The number of aryl methyl sites for hydroxylation is 1. The number of hydrogen-bond acceptors (Lipinski definition) is 4. The molecule has 154 valence electrons.